The van der Waals surface area contributed by atoms with E-state index < -0.39 is 0 Å². The molecule has 0 aliphatic rings. The fraction of sp³-hybridized carbons (Fsp3) is 0.0455. The predicted octanol–water partition coefficient (Wildman–Crippen LogP) is 3.65. The molecular weight excluding hydrogens is 354 g/mol. The zero-order valence-electron chi connectivity index (χ0n) is 15.1. The Hall–Kier alpha value is -3.93. The molecule has 6 heteroatoms. The van der Waals surface area contributed by atoms with E-state index >= 15 is 0 Å². The van der Waals surface area contributed by atoms with Gasteiger partial charge in [-0.15, -0.1) is 0 Å². The second kappa shape index (κ2) is 7.36. The Morgan fingerprint density at radius 3 is 2.61 bits per heavy atom. The second-order valence-electron chi connectivity index (χ2n) is 6.17. The van der Waals surface area contributed by atoms with Crippen molar-refractivity contribution < 1.29 is 9.53 Å². The number of benzene rings is 3. The fourth-order valence-corrected chi connectivity index (χ4v) is 2.93. The summed E-state index contributed by atoms with van der Waals surface area (Å²) in [6.07, 6.45) is 1.46. The first-order valence-electron chi connectivity index (χ1n) is 8.68. The molecule has 0 spiro atoms. The van der Waals surface area contributed by atoms with E-state index in [0.717, 1.165) is 0 Å². The number of nitrogens with one attached hydrogen (secondary N) is 1. The van der Waals surface area contributed by atoms with Crippen molar-refractivity contribution in [1.82, 2.24) is 9.55 Å². The van der Waals surface area contributed by atoms with Gasteiger partial charge < -0.3 is 10.1 Å². The molecule has 0 aliphatic carbocycles. The van der Waals surface area contributed by atoms with Crippen LogP contribution in [0.1, 0.15) is 10.4 Å². The average molecular weight is 371 g/mol. The molecule has 1 heterocycles. The quantitative estimate of drug-likeness (QED) is 0.594. The van der Waals surface area contributed by atoms with Crippen LogP contribution in [0.3, 0.4) is 0 Å². The number of fused-ring (bicyclic) bond motifs is 1. The molecule has 0 unspecified atom stereocenters. The van der Waals surface area contributed by atoms with Crippen LogP contribution in [0.25, 0.3) is 16.6 Å². The molecule has 0 bridgehead atoms. The normalized spacial score (nSPS) is 10.6. The molecule has 0 radical (unpaired) electrons. The van der Waals surface area contributed by atoms with Crippen molar-refractivity contribution in [2.75, 3.05) is 12.4 Å². The van der Waals surface area contributed by atoms with E-state index in [1.54, 1.807) is 43.5 Å². The number of carbonyl (C=O) groups is 1. The largest absolute Gasteiger partial charge is 0.497 e. The standard InChI is InChI=1S/C22H17N3O3/c1-28-18-9-5-8-17(13-18)25-14-23-20-12-15(10-11-19(20)22(25)27)21(26)24-16-6-3-2-4-7-16/h2-14H,1H3,(H,24,26). The maximum atomic E-state index is 12.9. The minimum Gasteiger partial charge on any atom is -0.497 e. The van der Waals surface area contributed by atoms with Gasteiger partial charge in [-0.1, -0.05) is 24.3 Å². The fourth-order valence-electron chi connectivity index (χ4n) is 2.93. The second-order valence-corrected chi connectivity index (χ2v) is 6.17. The first-order valence-corrected chi connectivity index (χ1v) is 8.68. The Balaban J connectivity index is 1.70. The SMILES string of the molecule is COc1cccc(-n2cnc3cc(C(=O)Nc4ccccc4)ccc3c2=O)c1. The Kier molecular flexibility index (Phi) is 4.60. The lowest BCUT2D eigenvalue weighted by atomic mass is 10.1. The molecule has 0 saturated heterocycles. The summed E-state index contributed by atoms with van der Waals surface area (Å²) in [7, 11) is 1.57. The minimum absolute atomic E-state index is 0.215. The summed E-state index contributed by atoms with van der Waals surface area (Å²) >= 11 is 0. The van der Waals surface area contributed by atoms with E-state index in [9.17, 15) is 9.59 Å². The highest BCUT2D eigenvalue weighted by molar-refractivity contribution is 6.06. The summed E-state index contributed by atoms with van der Waals surface area (Å²) in [4.78, 5) is 29.7. The summed E-state index contributed by atoms with van der Waals surface area (Å²) in [6, 6.07) is 21.2. The van der Waals surface area contributed by atoms with Crippen molar-refractivity contribution in [3.05, 3.63) is 95.0 Å². The number of hydrogen-bond acceptors (Lipinski definition) is 4. The Morgan fingerprint density at radius 1 is 1.00 bits per heavy atom. The maximum absolute atomic E-state index is 12.9. The topological polar surface area (TPSA) is 73.2 Å². The van der Waals surface area contributed by atoms with Crippen LogP contribution in [0.5, 0.6) is 5.75 Å². The van der Waals surface area contributed by atoms with E-state index in [1.165, 1.54) is 10.9 Å². The molecule has 6 nitrogen and oxygen atoms in total. The third-order valence-electron chi connectivity index (χ3n) is 4.38. The zero-order valence-corrected chi connectivity index (χ0v) is 15.1. The van der Waals surface area contributed by atoms with Gasteiger partial charge in [0.15, 0.2) is 0 Å². The predicted molar refractivity (Wildman–Crippen MR) is 108 cm³/mol. The number of aromatic nitrogens is 2. The van der Waals surface area contributed by atoms with Gasteiger partial charge in [0.1, 0.15) is 12.1 Å². The average Bonchev–Trinajstić information content (AvgIpc) is 2.74. The van der Waals surface area contributed by atoms with Crippen LogP contribution in [0, 0.1) is 0 Å². The first-order chi connectivity index (χ1) is 13.7. The van der Waals surface area contributed by atoms with Gasteiger partial charge in [-0.2, -0.15) is 0 Å². The molecular formula is C22H17N3O3. The van der Waals surface area contributed by atoms with Crippen molar-refractivity contribution in [2.45, 2.75) is 0 Å². The monoisotopic (exact) mass is 371 g/mol. The summed E-state index contributed by atoms with van der Waals surface area (Å²) in [5.74, 6) is 0.393. The van der Waals surface area contributed by atoms with E-state index in [2.05, 4.69) is 10.3 Å². The minimum atomic E-state index is -0.258. The number of nitrogens with zero attached hydrogens (tertiary/aromatic N) is 2. The number of anilines is 1. The van der Waals surface area contributed by atoms with Gasteiger partial charge in [0.2, 0.25) is 0 Å². The van der Waals surface area contributed by atoms with Crippen molar-refractivity contribution in [3.8, 4) is 11.4 Å². The molecule has 1 aromatic heterocycles. The number of ether oxygens (including phenoxy) is 1. The van der Waals surface area contributed by atoms with Crippen molar-refractivity contribution in [3.63, 3.8) is 0 Å². The number of carbonyl (C=O) groups excluding carboxylic acids is 1. The van der Waals surface area contributed by atoms with Crippen LogP contribution in [0.2, 0.25) is 0 Å². The Labute approximate surface area is 161 Å². The van der Waals surface area contributed by atoms with E-state index in [0.29, 0.717) is 33.6 Å². The number of hydrogen-bond donors (Lipinski definition) is 1. The first kappa shape index (κ1) is 17.5. The summed E-state index contributed by atoms with van der Waals surface area (Å²) in [6.45, 7) is 0. The van der Waals surface area contributed by atoms with Crippen molar-refractivity contribution in [2.24, 2.45) is 0 Å². The van der Waals surface area contributed by atoms with Crippen molar-refractivity contribution in [1.29, 1.82) is 0 Å². The Morgan fingerprint density at radius 2 is 1.82 bits per heavy atom. The van der Waals surface area contributed by atoms with Gasteiger partial charge in [0.25, 0.3) is 11.5 Å². The molecule has 138 valence electrons. The van der Waals surface area contributed by atoms with Gasteiger partial charge in [-0.3, -0.25) is 14.2 Å². The highest BCUT2D eigenvalue weighted by Crippen LogP contribution is 2.17. The van der Waals surface area contributed by atoms with Crippen LogP contribution < -0.4 is 15.6 Å². The van der Waals surface area contributed by atoms with Crippen molar-refractivity contribution >= 4 is 22.5 Å². The van der Waals surface area contributed by atoms with Gasteiger partial charge >= 0.3 is 0 Å². The molecule has 1 amide bonds. The number of amides is 1. The zero-order chi connectivity index (χ0) is 19.5. The molecule has 0 saturated carbocycles. The maximum Gasteiger partial charge on any atom is 0.265 e. The highest BCUT2D eigenvalue weighted by atomic mass is 16.5. The lowest BCUT2D eigenvalue weighted by Crippen LogP contribution is -2.19. The van der Waals surface area contributed by atoms with Crippen LogP contribution in [-0.2, 0) is 0 Å². The van der Waals surface area contributed by atoms with E-state index in [4.69, 9.17) is 4.74 Å². The molecule has 4 rings (SSSR count). The van der Waals surface area contributed by atoms with Gasteiger partial charge in [0, 0.05) is 17.3 Å². The summed E-state index contributed by atoms with van der Waals surface area (Å²) < 4.78 is 6.67. The number of rotatable bonds is 4. The molecule has 0 fully saturated rings. The lowest BCUT2D eigenvalue weighted by Gasteiger charge is -2.09. The van der Waals surface area contributed by atoms with E-state index in [-0.39, 0.29) is 11.5 Å². The van der Waals surface area contributed by atoms with E-state index in [1.807, 2.05) is 36.4 Å². The Bertz CT molecular complexity index is 1220. The van der Waals surface area contributed by atoms with Gasteiger partial charge in [-0.25, -0.2) is 4.98 Å². The summed E-state index contributed by atoms with van der Waals surface area (Å²) in [5, 5.41) is 3.26. The van der Waals surface area contributed by atoms with Crippen LogP contribution in [0.4, 0.5) is 5.69 Å². The third-order valence-corrected chi connectivity index (χ3v) is 4.38. The third kappa shape index (κ3) is 3.35. The van der Waals surface area contributed by atoms with Crippen LogP contribution in [0.15, 0.2) is 83.9 Å². The molecule has 1 N–H and O–H groups in total. The number of methoxy groups -OCH3 is 1. The molecule has 0 aliphatic heterocycles. The molecule has 28 heavy (non-hydrogen) atoms. The van der Waals surface area contributed by atoms with Gasteiger partial charge in [-0.05, 0) is 42.5 Å². The molecule has 4 aromatic rings. The van der Waals surface area contributed by atoms with Crippen LogP contribution >= 0.6 is 0 Å². The molecule has 3 aromatic carbocycles. The smallest absolute Gasteiger partial charge is 0.265 e. The van der Waals surface area contributed by atoms with Crippen LogP contribution in [-0.4, -0.2) is 22.6 Å². The highest BCUT2D eigenvalue weighted by Gasteiger charge is 2.11. The van der Waals surface area contributed by atoms with Gasteiger partial charge in [0.05, 0.1) is 23.7 Å². The summed E-state index contributed by atoms with van der Waals surface area (Å²) in [5.41, 5.74) is 2.04. The number of para-hydroxylation sites is 1. The lowest BCUT2D eigenvalue weighted by molar-refractivity contribution is 0.102. The molecule has 0 atom stereocenters.